The van der Waals surface area contributed by atoms with Crippen LogP contribution in [0.1, 0.15) is 16.7 Å². The van der Waals surface area contributed by atoms with Crippen LogP contribution in [0.4, 0.5) is 0 Å². The van der Waals surface area contributed by atoms with Crippen molar-refractivity contribution in [2.75, 3.05) is 13.4 Å². The number of carbonyl (C=O) groups excluding carboxylic acids is 1. The number of ether oxygens (including phenoxy) is 4. The fourth-order valence-electron chi connectivity index (χ4n) is 3.10. The predicted molar refractivity (Wildman–Crippen MR) is 104 cm³/mol. The Morgan fingerprint density at radius 2 is 2.07 bits per heavy atom. The summed E-state index contributed by atoms with van der Waals surface area (Å²) in [4.78, 5) is 23.6. The third-order valence-corrected chi connectivity index (χ3v) is 4.64. The molecule has 0 saturated heterocycles. The first-order valence-corrected chi connectivity index (χ1v) is 9.22. The number of hydrogen-bond acceptors (Lipinski definition) is 7. The highest BCUT2D eigenvalue weighted by atomic mass is 35.5. The lowest BCUT2D eigenvalue weighted by molar-refractivity contribution is -0.147. The molecule has 0 fully saturated rings. The zero-order chi connectivity index (χ0) is 20.4. The molecule has 0 N–H and O–H groups in total. The maximum atomic E-state index is 12.1. The second-order valence-corrected chi connectivity index (χ2v) is 6.96. The molecule has 0 amide bonds. The first kappa shape index (κ1) is 19.3. The Hall–Kier alpha value is -3.03. The van der Waals surface area contributed by atoms with E-state index in [1.54, 1.807) is 30.3 Å². The summed E-state index contributed by atoms with van der Waals surface area (Å²) in [5.74, 6) is 0.453. The molecule has 0 saturated carbocycles. The van der Waals surface area contributed by atoms with Crippen LogP contribution in [0, 0.1) is 6.92 Å². The summed E-state index contributed by atoms with van der Waals surface area (Å²) >= 11 is 6.10. The average molecular weight is 417 g/mol. The molecule has 3 aromatic rings. The van der Waals surface area contributed by atoms with Gasteiger partial charge in [0.2, 0.25) is 0 Å². The van der Waals surface area contributed by atoms with Crippen molar-refractivity contribution >= 4 is 28.5 Å². The van der Waals surface area contributed by atoms with Crippen LogP contribution in [0.5, 0.6) is 11.5 Å². The van der Waals surface area contributed by atoms with Gasteiger partial charge in [-0.05, 0) is 36.8 Å². The lowest BCUT2D eigenvalue weighted by Gasteiger charge is -2.21. The highest BCUT2D eigenvalue weighted by molar-refractivity contribution is 6.30. The van der Waals surface area contributed by atoms with Gasteiger partial charge in [0.05, 0.1) is 6.61 Å². The molecule has 2 aromatic carbocycles. The number of hydrogen-bond donors (Lipinski definition) is 0. The van der Waals surface area contributed by atoms with Crippen LogP contribution in [0.25, 0.3) is 11.0 Å². The fraction of sp³-hybridized carbons (Fsp3) is 0.238. The van der Waals surface area contributed by atoms with Crippen molar-refractivity contribution in [2.45, 2.75) is 20.1 Å². The van der Waals surface area contributed by atoms with E-state index in [0.29, 0.717) is 34.3 Å². The maximum absolute atomic E-state index is 12.1. The second-order valence-electron chi connectivity index (χ2n) is 6.52. The first-order chi connectivity index (χ1) is 14.0. The van der Waals surface area contributed by atoms with Gasteiger partial charge in [-0.1, -0.05) is 11.6 Å². The summed E-state index contributed by atoms with van der Waals surface area (Å²) in [6, 6.07) is 9.90. The normalized spacial score (nSPS) is 12.9. The number of halogens is 1. The second kappa shape index (κ2) is 8.14. The average Bonchev–Trinajstić information content (AvgIpc) is 2.70. The van der Waals surface area contributed by atoms with Crippen LogP contribution in [0.2, 0.25) is 5.02 Å². The van der Waals surface area contributed by atoms with E-state index in [0.717, 1.165) is 16.5 Å². The Kier molecular flexibility index (Phi) is 5.42. The molecular weight excluding hydrogens is 400 g/mol. The highest BCUT2D eigenvalue weighted by Crippen LogP contribution is 2.32. The van der Waals surface area contributed by atoms with Crippen molar-refractivity contribution in [1.29, 1.82) is 0 Å². The zero-order valence-electron chi connectivity index (χ0n) is 15.5. The predicted octanol–water partition coefficient (Wildman–Crippen LogP) is 3.74. The van der Waals surface area contributed by atoms with Crippen molar-refractivity contribution in [3.05, 3.63) is 68.5 Å². The van der Waals surface area contributed by atoms with Gasteiger partial charge in [0.1, 0.15) is 23.7 Å². The minimum Gasteiger partial charge on any atom is -0.482 e. The summed E-state index contributed by atoms with van der Waals surface area (Å²) < 4.78 is 26.6. The van der Waals surface area contributed by atoms with Crippen LogP contribution in [-0.4, -0.2) is 19.4 Å². The monoisotopic (exact) mass is 416 g/mol. The standard InChI is InChI=1S/C21H17ClO7/c1-12-4-19(23)29-18-7-16(2-3-17(12)18)26-10-20(24)27-9-14-6-15(22)5-13-8-25-11-28-21(13)14/h2-7H,8-11H2,1H3. The molecule has 1 aromatic heterocycles. The van der Waals surface area contributed by atoms with Crippen LogP contribution < -0.4 is 15.1 Å². The molecule has 2 heterocycles. The highest BCUT2D eigenvalue weighted by Gasteiger charge is 2.18. The van der Waals surface area contributed by atoms with Gasteiger partial charge < -0.3 is 23.4 Å². The fourth-order valence-corrected chi connectivity index (χ4v) is 3.36. The van der Waals surface area contributed by atoms with E-state index in [4.69, 9.17) is 35.0 Å². The van der Waals surface area contributed by atoms with E-state index in [1.165, 1.54) is 6.07 Å². The smallest absolute Gasteiger partial charge is 0.344 e. The number of esters is 1. The minimum atomic E-state index is -0.559. The van der Waals surface area contributed by atoms with Crippen LogP contribution in [0.15, 0.2) is 45.6 Å². The Bertz CT molecular complexity index is 1140. The van der Waals surface area contributed by atoms with Gasteiger partial charge >= 0.3 is 11.6 Å². The SMILES string of the molecule is Cc1cc(=O)oc2cc(OCC(=O)OCc3cc(Cl)cc4c3OCOC4)ccc12. The third-order valence-electron chi connectivity index (χ3n) is 4.42. The number of carbonyl (C=O) groups is 1. The molecule has 0 aliphatic carbocycles. The summed E-state index contributed by atoms with van der Waals surface area (Å²) in [5.41, 5.74) is 2.22. The van der Waals surface area contributed by atoms with E-state index in [9.17, 15) is 9.59 Å². The Morgan fingerprint density at radius 1 is 1.21 bits per heavy atom. The van der Waals surface area contributed by atoms with Crippen molar-refractivity contribution in [2.24, 2.45) is 0 Å². The molecule has 29 heavy (non-hydrogen) atoms. The molecule has 1 aliphatic rings. The van der Waals surface area contributed by atoms with Crippen LogP contribution >= 0.6 is 11.6 Å². The molecule has 0 bridgehead atoms. The molecule has 0 atom stereocenters. The molecule has 0 radical (unpaired) electrons. The van der Waals surface area contributed by atoms with Crippen molar-refractivity contribution in [3.8, 4) is 11.5 Å². The van der Waals surface area contributed by atoms with Gasteiger partial charge in [0, 0.05) is 33.7 Å². The molecule has 7 nitrogen and oxygen atoms in total. The number of fused-ring (bicyclic) bond motifs is 2. The van der Waals surface area contributed by atoms with Gasteiger partial charge in [-0.2, -0.15) is 0 Å². The molecule has 0 unspecified atom stereocenters. The molecule has 150 valence electrons. The zero-order valence-corrected chi connectivity index (χ0v) is 16.3. The minimum absolute atomic E-state index is 0.00310. The topological polar surface area (TPSA) is 84.2 Å². The van der Waals surface area contributed by atoms with Gasteiger partial charge in [-0.15, -0.1) is 0 Å². The molecule has 0 spiro atoms. The van der Waals surface area contributed by atoms with Gasteiger partial charge in [0.25, 0.3) is 0 Å². The lowest BCUT2D eigenvalue weighted by Crippen LogP contribution is -2.17. The quantitative estimate of drug-likeness (QED) is 0.462. The van der Waals surface area contributed by atoms with Gasteiger partial charge in [-0.25, -0.2) is 9.59 Å². The summed E-state index contributed by atoms with van der Waals surface area (Å²) in [7, 11) is 0. The molecule has 4 rings (SSSR count). The molecule has 1 aliphatic heterocycles. The van der Waals surface area contributed by atoms with Crippen molar-refractivity contribution in [3.63, 3.8) is 0 Å². The third kappa shape index (κ3) is 4.36. The van der Waals surface area contributed by atoms with E-state index in [2.05, 4.69) is 0 Å². The van der Waals surface area contributed by atoms with E-state index >= 15 is 0 Å². The largest absolute Gasteiger partial charge is 0.482 e. The Labute approximate surface area is 170 Å². The Balaban J connectivity index is 1.39. The summed E-state index contributed by atoms with van der Waals surface area (Å²) in [5, 5.41) is 1.31. The van der Waals surface area contributed by atoms with Crippen LogP contribution in [0.3, 0.4) is 0 Å². The van der Waals surface area contributed by atoms with Crippen molar-refractivity contribution in [1.82, 2.24) is 0 Å². The number of benzene rings is 2. The Morgan fingerprint density at radius 3 is 2.93 bits per heavy atom. The van der Waals surface area contributed by atoms with E-state index < -0.39 is 11.6 Å². The molecular formula is C21H17ClO7. The van der Waals surface area contributed by atoms with E-state index in [-0.39, 0.29) is 20.0 Å². The number of aryl methyl sites for hydroxylation is 1. The summed E-state index contributed by atoms with van der Waals surface area (Å²) in [6.07, 6.45) is 0. The van der Waals surface area contributed by atoms with Crippen LogP contribution in [-0.2, 0) is 27.5 Å². The van der Waals surface area contributed by atoms with E-state index in [1.807, 2.05) is 6.92 Å². The maximum Gasteiger partial charge on any atom is 0.344 e. The van der Waals surface area contributed by atoms with Gasteiger partial charge in [-0.3, -0.25) is 0 Å². The summed E-state index contributed by atoms with van der Waals surface area (Å²) in [6.45, 7) is 2.04. The first-order valence-electron chi connectivity index (χ1n) is 8.84. The number of rotatable bonds is 5. The van der Waals surface area contributed by atoms with Gasteiger partial charge in [0.15, 0.2) is 13.4 Å². The molecule has 8 heteroatoms. The lowest BCUT2D eigenvalue weighted by atomic mass is 10.1. The van der Waals surface area contributed by atoms with Crippen molar-refractivity contribution < 1.29 is 28.2 Å².